The summed E-state index contributed by atoms with van der Waals surface area (Å²) in [5, 5.41) is 6.36. The van der Waals surface area contributed by atoms with Crippen LogP contribution in [0.25, 0.3) is 0 Å². The largest absolute Gasteiger partial charge is 0.365 e. The maximum absolute atomic E-state index is 7.59. The predicted octanol–water partition coefficient (Wildman–Crippen LogP) is 0.737. The summed E-state index contributed by atoms with van der Waals surface area (Å²) in [5.74, 6) is 0. The van der Waals surface area contributed by atoms with Gasteiger partial charge in [-0.15, -0.1) is 0 Å². The molecule has 0 aromatic heterocycles. The van der Waals surface area contributed by atoms with Crippen molar-refractivity contribution in [1.29, 1.82) is 0 Å². The molecular weight excluding hydrogens is 150 g/mol. The topological polar surface area (TPSA) is 20.2 Å². The number of rotatable bonds is 0. The van der Waals surface area contributed by atoms with Crippen LogP contribution >= 0.6 is 23.2 Å². The Labute approximate surface area is 52.1 Å². The van der Waals surface area contributed by atoms with Crippen LogP contribution in [0.5, 0.6) is 0 Å². The molecule has 0 aromatic carbocycles. The van der Waals surface area contributed by atoms with Gasteiger partial charge in [-0.25, -0.2) is 0 Å². The van der Waals surface area contributed by atoms with Crippen LogP contribution in [0.3, 0.4) is 0 Å². The first kappa shape index (κ1) is 9.45. The summed E-state index contributed by atoms with van der Waals surface area (Å²) in [6, 6.07) is 0. The van der Waals surface area contributed by atoms with Gasteiger partial charge in [-0.2, -0.15) is 0 Å². The average Bonchev–Trinajstić information content (AvgIpc) is 0.811. The van der Waals surface area contributed by atoms with Crippen molar-refractivity contribution < 1.29 is 23.7 Å². The third-order valence-corrected chi connectivity index (χ3v) is 0. The van der Waals surface area contributed by atoms with Crippen LogP contribution < -0.4 is 0 Å². The van der Waals surface area contributed by atoms with Gasteiger partial charge in [0.2, 0.25) is 5.02 Å². The molecule has 1 nitrogen and oxygen atoms in total. The van der Waals surface area contributed by atoms with E-state index in [-0.39, 0.29) is 18.6 Å². The van der Waals surface area contributed by atoms with E-state index < -0.39 is 5.02 Å². The van der Waals surface area contributed by atoms with E-state index in [1.54, 1.807) is 0 Å². The molecule has 1 N–H and O–H groups in total. The van der Waals surface area contributed by atoms with Crippen LogP contribution in [0.1, 0.15) is 0 Å². The van der Waals surface area contributed by atoms with Crippen molar-refractivity contribution in [2.75, 3.05) is 0 Å². The Morgan fingerprint density at radius 2 is 1.40 bits per heavy atom. The van der Waals surface area contributed by atoms with Crippen LogP contribution in [0.15, 0.2) is 0 Å². The van der Waals surface area contributed by atoms with Crippen molar-refractivity contribution in [1.82, 2.24) is 0 Å². The fourth-order valence-electron chi connectivity index (χ4n) is 0. The molecule has 0 rings (SSSR count). The standard InChI is InChI=1S/CH2Cl2O.V/c2-1(3)4;/h1,4H;. The van der Waals surface area contributed by atoms with Gasteiger partial charge in [0.15, 0.2) is 0 Å². The zero-order valence-corrected chi connectivity index (χ0v) is 5.14. The summed E-state index contributed by atoms with van der Waals surface area (Å²) in [7, 11) is 0. The van der Waals surface area contributed by atoms with Crippen molar-refractivity contribution in [2.24, 2.45) is 0 Å². The minimum Gasteiger partial charge on any atom is -0.365 e. The predicted molar refractivity (Wildman–Crippen MR) is 17.7 cm³/mol. The van der Waals surface area contributed by atoms with Gasteiger partial charge in [-0.1, -0.05) is 23.2 Å². The Morgan fingerprint density at radius 1 is 1.40 bits per heavy atom. The number of hydrogen-bond acceptors (Lipinski definition) is 1. The fourth-order valence-corrected chi connectivity index (χ4v) is 0. The summed E-state index contributed by atoms with van der Waals surface area (Å²) in [5.41, 5.74) is 0. The van der Waals surface area contributed by atoms with Crippen LogP contribution in [-0.4, -0.2) is 10.1 Å². The fraction of sp³-hybridized carbons (Fsp3) is 1.00. The van der Waals surface area contributed by atoms with Gasteiger partial charge in [0, 0.05) is 18.6 Å². The molecule has 0 bridgehead atoms. The molecule has 5 heavy (non-hydrogen) atoms. The first-order valence-corrected chi connectivity index (χ1v) is 1.57. The van der Waals surface area contributed by atoms with Crippen molar-refractivity contribution >= 4 is 23.2 Å². The number of aliphatic hydroxyl groups excluding tert-OH is 1. The van der Waals surface area contributed by atoms with E-state index in [0.29, 0.717) is 0 Å². The first-order valence-electron chi connectivity index (χ1n) is 0.695. The molecule has 0 fully saturated rings. The van der Waals surface area contributed by atoms with Crippen molar-refractivity contribution in [3.63, 3.8) is 0 Å². The summed E-state index contributed by atoms with van der Waals surface area (Å²) < 4.78 is 0. The van der Waals surface area contributed by atoms with Crippen molar-refractivity contribution in [3.05, 3.63) is 0 Å². The molecule has 0 saturated carbocycles. The summed E-state index contributed by atoms with van der Waals surface area (Å²) in [6.07, 6.45) is 0. The van der Waals surface area contributed by atoms with Gasteiger partial charge < -0.3 is 5.11 Å². The van der Waals surface area contributed by atoms with E-state index in [1.165, 1.54) is 0 Å². The second-order valence-electron chi connectivity index (χ2n) is 0.278. The van der Waals surface area contributed by atoms with Crippen LogP contribution in [-0.2, 0) is 18.6 Å². The second-order valence-corrected chi connectivity index (χ2v) is 1.33. The number of alkyl halides is 2. The van der Waals surface area contributed by atoms with Crippen LogP contribution in [0.2, 0.25) is 0 Å². The molecule has 0 saturated heterocycles. The molecule has 0 spiro atoms. The molecular formula is CH2Cl2OV. The Kier molecular flexibility index (Phi) is 9.69. The molecule has 0 amide bonds. The molecule has 0 atom stereocenters. The third kappa shape index (κ3) is 39.6. The molecule has 0 aromatic rings. The van der Waals surface area contributed by atoms with Gasteiger partial charge in [-0.05, 0) is 0 Å². The zero-order chi connectivity index (χ0) is 3.58. The quantitative estimate of drug-likeness (QED) is 0.507. The number of hydrogen-bond donors (Lipinski definition) is 1. The zero-order valence-electron chi connectivity index (χ0n) is 2.23. The van der Waals surface area contributed by atoms with Gasteiger partial charge >= 0.3 is 0 Å². The van der Waals surface area contributed by atoms with Gasteiger partial charge in [0.1, 0.15) is 0 Å². The van der Waals surface area contributed by atoms with E-state index in [1.807, 2.05) is 0 Å². The Morgan fingerprint density at radius 3 is 1.40 bits per heavy atom. The minimum absolute atomic E-state index is 0. The Balaban J connectivity index is 0. The smallest absolute Gasteiger partial charge is 0.204 e. The van der Waals surface area contributed by atoms with Gasteiger partial charge in [0.25, 0.3) is 0 Å². The minimum atomic E-state index is -1.22. The SMILES string of the molecule is OC(Cl)Cl.[V]. The molecule has 0 aliphatic heterocycles. The number of halogens is 2. The van der Waals surface area contributed by atoms with Gasteiger partial charge in [-0.3, -0.25) is 0 Å². The maximum atomic E-state index is 7.59. The summed E-state index contributed by atoms with van der Waals surface area (Å²) in [4.78, 5) is 0. The molecule has 0 unspecified atom stereocenters. The summed E-state index contributed by atoms with van der Waals surface area (Å²) in [6.45, 7) is 0. The van der Waals surface area contributed by atoms with Crippen molar-refractivity contribution in [3.8, 4) is 0 Å². The van der Waals surface area contributed by atoms with E-state index in [4.69, 9.17) is 5.11 Å². The molecule has 31 valence electrons. The Bertz CT molecular complexity index is 14.4. The normalized spacial score (nSPS) is 7.20. The molecule has 0 heterocycles. The third-order valence-electron chi connectivity index (χ3n) is 0. The summed E-state index contributed by atoms with van der Waals surface area (Å²) >= 11 is 9.19. The second kappa shape index (κ2) is 5.12. The Hall–Kier alpha value is 1.12. The molecule has 4 heteroatoms. The molecule has 0 aliphatic carbocycles. The molecule has 0 aliphatic rings. The molecule has 1 radical (unpaired) electrons. The van der Waals surface area contributed by atoms with E-state index in [9.17, 15) is 0 Å². The van der Waals surface area contributed by atoms with E-state index >= 15 is 0 Å². The van der Waals surface area contributed by atoms with E-state index in [0.717, 1.165) is 0 Å². The van der Waals surface area contributed by atoms with Crippen LogP contribution in [0, 0.1) is 0 Å². The first-order chi connectivity index (χ1) is 1.73. The van der Waals surface area contributed by atoms with E-state index in [2.05, 4.69) is 23.2 Å². The maximum Gasteiger partial charge on any atom is 0.204 e. The van der Waals surface area contributed by atoms with Crippen molar-refractivity contribution in [2.45, 2.75) is 5.02 Å². The van der Waals surface area contributed by atoms with Crippen LogP contribution in [0.4, 0.5) is 0 Å². The van der Waals surface area contributed by atoms with Gasteiger partial charge in [0.05, 0.1) is 0 Å². The number of aliphatic hydroxyl groups is 1. The average molecular weight is 152 g/mol. The monoisotopic (exact) mass is 151 g/mol.